The first-order valence-corrected chi connectivity index (χ1v) is 7.51. The van der Waals surface area contributed by atoms with Gasteiger partial charge in [-0.1, -0.05) is 17.7 Å². The van der Waals surface area contributed by atoms with Gasteiger partial charge in [-0.25, -0.2) is 15.0 Å². The van der Waals surface area contributed by atoms with Crippen molar-refractivity contribution in [3.63, 3.8) is 0 Å². The molecule has 4 aromatic heterocycles. The molecule has 0 atom stereocenters. The molecule has 0 radical (unpaired) electrons. The summed E-state index contributed by atoms with van der Waals surface area (Å²) in [6.07, 6.45) is 4.81. The third-order valence-corrected chi connectivity index (χ3v) is 3.45. The van der Waals surface area contributed by atoms with Crippen LogP contribution in [0.2, 0.25) is 5.02 Å². The highest BCUT2D eigenvalue weighted by Crippen LogP contribution is 2.26. The van der Waals surface area contributed by atoms with Crippen molar-refractivity contribution in [3.8, 4) is 23.1 Å². The lowest BCUT2D eigenvalue weighted by Crippen LogP contribution is -1.96. The van der Waals surface area contributed by atoms with E-state index < -0.39 is 0 Å². The van der Waals surface area contributed by atoms with Crippen molar-refractivity contribution in [2.45, 2.75) is 0 Å². The molecule has 0 amide bonds. The van der Waals surface area contributed by atoms with Crippen molar-refractivity contribution < 1.29 is 8.83 Å². The molecule has 0 aliphatic carbocycles. The van der Waals surface area contributed by atoms with Crippen LogP contribution in [0.1, 0.15) is 0 Å². The van der Waals surface area contributed by atoms with Gasteiger partial charge >= 0.3 is 0 Å². The molecule has 0 spiro atoms. The molecule has 7 heteroatoms. The van der Waals surface area contributed by atoms with Crippen LogP contribution in [0.25, 0.3) is 23.1 Å². The number of hydrogen-bond acceptors (Lipinski definition) is 6. The number of pyridine rings is 2. The Morgan fingerprint density at radius 2 is 1.92 bits per heavy atom. The fourth-order valence-electron chi connectivity index (χ4n) is 2.15. The molecule has 4 heterocycles. The van der Waals surface area contributed by atoms with Crippen molar-refractivity contribution in [3.05, 3.63) is 66.1 Å². The van der Waals surface area contributed by atoms with E-state index in [0.717, 1.165) is 0 Å². The van der Waals surface area contributed by atoms with E-state index in [1.807, 2.05) is 18.2 Å². The molecule has 24 heavy (non-hydrogen) atoms. The summed E-state index contributed by atoms with van der Waals surface area (Å²) in [5.41, 5.74) is 0.646. The van der Waals surface area contributed by atoms with E-state index >= 15 is 0 Å². The summed E-state index contributed by atoms with van der Waals surface area (Å²) in [4.78, 5) is 12.9. The quantitative estimate of drug-likeness (QED) is 0.576. The highest BCUT2D eigenvalue weighted by Gasteiger charge is 2.12. The van der Waals surface area contributed by atoms with Crippen LogP contribution >= 0.6 is 11.6 Å². The van der Waals surface area contributed by atoms with Crippen molar-refractivity contribution in [2.75, 3.05) is 5.32 Å². The van der Waals surface area contributed by atoms with E-state index in [9.17, 15) is 0 Å². The largest absolute Gasteiger partial charge is 0.459 e. The van der Waals surface area contributed by atoms with Gasteiger partial charge in [-0.3, -0.25) is 0 Å². The maximum absolute atomic E-state index is 5.96. The zero-order valence-corrected chi connectivity index (χ0v) is 13.1. The normalized spacial score (nSPS) is 10.7. The van der Waals surface area contributed by atoms with Crippen LogP contribution in [-0.4, -0.2) is 15.0 Å². The Morgan fingerprint density at radius 1 is 0.958 bits per heavy atom. The third kappa shape index (κ3) is 3.00. The molecule has 1 N–H and O–H groups in total. The molecular formula is C17H11ClN4O2. The van der Waals surface area contributed by atoms with E-state index in [0.29, 0.717) is 39.8 Å². The van der Waals surface area contributed by atoms with Crippen LogP contribution in [0.3, 0.4) is 0 Å². The predicted molar refractivity (Wildman–Crippen MR) is 90.0 cm³/mol. The molecule has 0 aliphatic heterocycles. The maximum Gasteiger partial charge on any atom is 0.263 e. The predicted octanol–water partition coefficient (Wildman–Crippen LogP) is 4.79. The van der Waals surface area contributed by atoms with Crippen LogP contribution in [0.15, 0.2) is 70.0 Å². The number of anilines is 2. The molecule has 0 aliphatic rings. The monoisotopic (exact) mass is 338 g/mol. The number of aromatic nitrogens is 3. The van der Waals surface area contributed by atoms with E-state index in [-0.39, 0.29) is 0 Å². The lowest BCUT2D eigenvalue weighted by atomic mass is 10.3. The molecule has 4 aromatic rings. The van der Waals surface area contributed by atoms with E-state index in [1.54, 1.807) is 42.9 Å². The SMILES string of the molecule is Clc1ccnc(Nc2cccc(-c3cnc(-c4ccco4)o3)n2)c1. The maximum atomic E-state index is 5.96. The molecule has 0 saturated heterocycles. The number of hydrogen-bond donors (Lipinski definition) is 1. The lowest BCUT2D eigenvalue weighted by molar-refractivity contribution is 0.523. The first-order valence-electron chi connectivity index (χ1n) is 7.14. The van der Waals surface area contributed by atoms with Gasteiger partial charge < -0.3 is 14.2 Å². The molecule has 0 unspecified atom stereocenters. The first-order chi connectivity index (χ1) is 11.8. The Bertz CT molecular complexity index is 966. The zero-order chi connectivity index (χ0) is 16.4. The average Bonchev–Trinajstić information content (AvgIpc) is 3.27. The van der Waals surface area contributed by atoms with Crippen LogP contribution in [0.4, 0.5) is 11.6 Å². The van der Waals surface area contributed by atoms with Gasteiger partial charge in [0.2, 0.25) is 0 Å². The number of oxazole rings is 1. The number of rotatable bonds is 4. The van der Waals surface area contributed by atoms with Crippen molar-refractivity contribution in [2.24, 2.45) is 0 Å². The van der Waals surface area contributed by atoms with Crippen molar-refractivity contribution >= 4 is 23.2 Å². The molecule has 118 valence electrons. The van der Waals surface area contributed by atoms with E-state index in [4.69, 9.17) is 20.4 Å². The Kier molecular flexibility index (Phi) is 3.72. The Hall–Kier alpha value is -3.12. The zero-order valence-electron chi connectivity index (χ0n) is 12.3. The highest BCUT2D eigenvalue weighted by molar-refractivity contribution is 6.30. The second kappa shape index (κ2) is 6.17. The fraction of sp³-hybridized carbons (Fsp3) is 0. The van der Waals surface area contributed by atoms with Gasteiger partial charge in [-0.05, 0) is 36.4 Å². The summed E-state index contributed by atoms with van der Waals surface area (Å²) in [5, 5.41) is 3.70. The minimum absolute atomic E-state index is 0.409. The standard InChI is InChI=1S/C17H11ClN4O2/c18-11-6-7-19-16(9-11)22-15-5-1-3-12(21-15)14-10-20-17(24-14)13-4-2-8-23-13/h1-10H,(H,19,21,22). The summed E-state index contributed by atoms with van der Waals surface area (Å²) in [7, 11) is 0. The van der Waals surface area contributed by atoms with Crippen LogP contribution < -0.4 is 5.32 Å². The topological polar surface area (TPSA) is 77.0 Å². The van der Waals surface area contributed by atoms with Crippen LogP contribution in [0, 0.1) is 0 Å². The van der Waals surface area contributed by atoms with E-state index in [2.05, 4.69) is 20.3 Å². The number of nitrogens with zero attached hydrogens (tertiary/aromatic N) is 3. The van der Waals surface area contributed by atoms with Crippen molar-refractivity contribution in [1.82, 2.24) is 15.0 Å². The third-order valence-electron chi connectivity index (χ3n) is 3.22. The van der Waals surface area contributed by atoms with Crippen molar-refractivity contribution in [1.29, 1.82) is 0 Å². The summed E-state index contributed by atoms with van der Waals surface area (Å²) in [6, 6.07) is 12.5. The summed E-state index contributed by atoms with van der Waals surface area (Å²) in [6.45, 7) is 0. The fourth-order valence-corrected chi connectivity index (χ4v) is 2.31. The smallest absolute Gasteiger partial charge is 0.263 e. The van der Waals surface area contributed by atoms with Gasteiger partial charge in [0.15, 0.2) is 11.5 Å². The van der Waals surface area contributed by atoms with Gasteiger partial charge in [0.05, 0.1) is 12.5 Å². The lowest BCUT2D eigenvalue weighted by Gasteiger charge is -2.05. The van der Waals surface area contributed by atoms with E-state index in [1.165, 1.54) is 0 Å². The first kappa shape index (κ1) is 14.5. The number of nitrogens with one attached hydrogen (secondary N) is 1. The number of halogens is 1. The minimum Gasteiger partial charge on any atom is -0.459 e. The van der Waals surface area contributed by atoms with Gasteiger partial charge in [0.25, 0.3) is 5.89 Å². The van der Waals surface area contributed by atoms with Crippen LogP contribution in [-0.2, 0) is 0 Å². The molecule has 0 saturated carbocycles. The second-order valence-electron chi connectivity index (χ2n) is 4.90. The van der Waals surface area contributed by atoms with Gasteiger partial charge in [-0.2, -0.15) is 0 Å². The molecule has 0 aromatic carbocycles. The summed E-state index contributed by atoms with van der Waals surface area (Å²) in [5.74, 6) is 2.76. The Morgan fingerprint density at radius 3 is 2.75 bits per heavy atom. The summed E-state index contributed by atoms with van der Waals surface area (Å²) < 4.78 is 11.0. The average molecular weight is 339 g/mol. The number of furan rings is 1. The molecular weight excluding hydrogens is 328 g/mol. The Balaban J connectivity index is 1.61. The Labute approximate surface area is 142 Å². The van der Waals surface area contributed by atoms with Gasteiger partial charge in [0, 0.05) is 11.2 Å². The molecule has 6 nitrogen and oxygen atoms in total. The van der Waals surface area contributed by atoms with Gasteiger partial charge in [0.1, 0.15) is 17.3 Å². The van der Waals surface area contributed by atoms with Gasteiger partial charge in [-0.15, -0.1) is 0 Å². The molecule has 4 rings (SSSR count). The van der Waals surface area contributed by atoms with Crippen LogP contribution in [0.5, 0.6) is 0 Å². The highest BCUT2D eigenvalue weighted by atomic mass is 35.5. The second-order valence-corrected chi connectivity index (χ2v) is 5.34. The minimum atomic E-state index is 0.409. The molecule has 0 fully saturated rings. The molecule has 0 bridgehead atoms. The summed E-state index contributed by atoms with van der Waals surface area (Å²) >= 11 is 5.96.